The van der Waals surface area contributed by atoms with Crippen LogP contribution in [-0.2, 0) is 5.41 Å². The highest BCUT2D eigenvalue weighted by Gasteiger charge is 2.18. The molecule has 6 heteroatoms. The number of benzene rings is 2. The van der Waals surface area contributed by atoms with Crippen LogP contribution in [0.1, 0.15) is 47.6 Å². The van der Waals surface area contributed by atoms with E-state index >= 15 is 0 Å². The summed E-state index contributed by atoms with van der Waals surface area (Å²) in [5.74, 6) is -0.157. The number of hydrogen-bond acceptors (Lipinski definition) is 5. The molecule has 0 aliphatic heterocycles. The Morgan fingerprint density at radius 1 is 1.10 bits per heavy atom. The third-order valence-electron chi connectivity index (χ3n) is 5.24. The van der Waals surface area contributed by atoms with Crippen LogP contribution in [0.3, 0.4) is 0 Å². The average molecular weight is 419 g/mol. The van der Waals surface area contributed by atoms with E-state index in [2.05, 4.69) is 50.4 Å². The van der Waals surface area contributed by atoms with Gasteiger partial charge in [-0.15, -0.1) is 11.3 Å². The molecule has 4 rings (SSSR count). The molecule has 0 radical (unpaired) electrons. The van der Waals surface area contributed by atoms with E-state index in [1.807, 2.05) is 30.3 Å². The first-order chi connectivity index (χ1) is 14.2. The van der Waals surface area contributed by atoms with Gasteiger partial charge in [0.05, 0.1) is 16.4 Å². The minimum absolute atomic E-state index is 0.0703. The summed E-state index contributed by atoms with van der Waals surface area (Å²) in [4.78, 5) is 19.1. The number of hydrogen-bond donors (Lipinski definition) is 3. The van der Waals surface area contributed by atoms with Gasteiger partial charge >= 0.3 is 0 Å². The third-order valence-corrected chi connectivity index (χ3v) is 6.29. The summed E-state index contributed by atoms with van der Waals surface area (Å²) in [5, 5.41) is 5.07. The molecule has 4 aromatic rings. The largest absolute Gasteiger partial charge is 0.399 e. The lowest BCUT2D eigenvalue weighted by Gasteiger charge is -2.19. The summed E-state index contributed by atoms with van der Waals surface area (Å²) >= 11 is 1.39. The Bertz CT molecular complexity index is 1240. The number of nitrogen functional groups attached to an aromatic ring is 1. The molecule has 5 N–H and O–H groups in total. The van der Waals surface area contributed by atoms with Crippen molar-refractivity contribution < 1.29 is 4.79 Å². The van der Waals surface area contributed by atoms with Crippen LogP contribution in [0.4, 0.5) is 5.69 Å². The van der Waals surface area contributed by atoms with Crippen molar-refractivity contribution in [1.82, 2.24) is 10.3 Å². The second kappa shape index (κ2) is 7.70. The van der Waals surface area contributed by atoms with Gasteiger partial charge in [-0.3, -0.25) is 4.79 Å². The van der Waals surface area contributed by atoms with Crippen LogP contribution in [0.2, 0.25) is 0 Å². The van der Waals surface area contributed by atoms with Crippen LogP contribution in [0.15, 0.2) is 54.6 Å². The highest BCUT2D eigenvalue weighted by molar-refractivity contribution is 7.20. The minimum atomic E-state index is -0.299. The zero-order valence-electron chi connectivity index (χ0n) is 17.4. The molecule has 0 bridgehead atoms. The highest BCUT2D eigenvalue weighted by atomic mass is 32.1. The van der Waals surface area contributed by atoms with Gasteiger partial charge in [0.2, 0.25) is 0 Å². The number of rotatable bonds is 4. The lowest BCUT2D eigenvalue weighted by atomic mass is 9.86. The second-order valence-electron chi connectivity index (χ2n) is 8.58. The lowest BCUT2D eigenvalue weighted by Crippen LogP contribution is -2.33. The van der Waals surface area contributed by atoms with Crippen LogP contribution in [0.5, 0.6) is 0 Å². The normalized spacial score (nSPS) is 12.9. The maximum absolute atomic E-state index is 12.9. The van der Waals surface area contributed by atoms with Crippen LogP contribution in [-0.4, -0.2) is 17.4 Å². The van der Waals surface area contributed by atoms with E-state index in [-0.39, 0.29) is 23.9 Å². The number of pyridine rings is 1. The van der Waals surface area contributed by atoms with Gasteiger partial charge in [0, 0.05) is 23.0 Å². The van der Waals surface area contributed by atoms with E-state index in [1.54, 1.807) is 0 Å². The zero-order valence-corrected chi connectivity index (χ0v) is 18.2. The monoisotopic (exact) mass is 418 g/mol. The van der Waals surface area contributed by atoms with E-state index in [0.29, 0.717) is 10.6 Å². The van der Waals surface area contributed by atoms with Gasteiger partial charge in [0.25, 0.3) is 5.91 Å². The molecule has 1 amide bonds. The Hall–Kier alpha value is -2.96. The molecule has 5 nitrogen and oxygen atoms in total. The Balaban J connectivity index is 1.65. The van der Waals surface area contributed by atoms with Crippen molar-refractivity contribution in [3.05, 3.63) is 70.6 Å². The van der Waals surface area contributed by atoms with Crippen LogP contribution < -0.4 is 16.8 Å². The molecule has 154 valence electrons. The molecule has 1 atom stereocenters. The standard InChI is InChI=1S/C24H26N4OS/c1-24(2,3)17-7-8-19-15(10-17)9-16-12-21(30-23(16)28-19)22(29)27-20(13-25)14-5-4-6-18(26)11-14/h4-12,20H,13,25-26H2,1-3H3,(H,27,29)/t20-/m0/s1. The van der Waals surface area contributed by atoms with E-state index in [9.17, 15) is 4.79 Å². The van der Waals surface area contributed by atoms with Gasteiger partial charge in [-0.2, -0.15) is 0 Å². The molecular weight excluding hydrogens is 392 g/mol. The Kier molecular flexibility index (Phi) is 5.22. The molecule has 2 aromatic heterocycles. The van der Waals surface area contributed by atoms with Crippen molar-refractivity contribution in [2.75, 3.05) is 12.3 Å². The van der Waals surface area contributed by atoms with Gasteiger partial charge in [0.1, 0.15) is 4.83 Å². The lowest BCUT2D eigenvalue weighted by molar-refractivity contribution is 0.0942. The van der Waals surface area contributed by atoms with Gasteiger partial charge in [-0.1, -0.05) is 39.0 Å². The molecule has 2 heterocycles. The van der Waals surface area contributed by atoms with Crippen molar-refractivity contribution >= 4 is 44.1 Å². The molecule has 0 spiro atoms. The Labute approximate surface area is 180 Å². The van der Waals surface area contributed by atoms with E-state index in [4.69, 9.17) is 16.5 Å². The van der Waals surface area contributed by atoms with E-state index < -0.39 is 0 Å². The van der Waals surface area contributed by atoms with Crippen molar-refractivity contribution in [3.63, 3.8) is 0 Å². The molecule has 0 aliphatic carbocycles. The molecule has 0 fully saturated rings. The Morgan fingerprint density at radius 2 is 1.90 bits per heavy atom. The quantitative estimate of drug-likeness (QED) is 0.417. The molecule has 0 aliphatic rings. The van der Waals surface area contributed by atoms with Gasteiger partial charge in [0.15, 0.2) is 0 Å². The number of carbonyl (C=O) groups excluding carboxylic acids is 1. The maximum atomic E-state index is 12.9. The van der Waals surface area contributed by atoms with E-state index in [0.717, 1.165) is 26.7 Å². The van der Waals surface area contributed by atoms with Gasteiger partial charge in [-0.05, 0) is 52.9 Å². The summed E-state index contributed by atoms with van der Waals surface area (Å²) < 4.78 is 0. The number of anilines is 1. The molecular formula is C24H26N4OS. The number of nitrogens with two attached hydrogens (primary N) is 2. The Morgan fingerprint density at radius 3 is 2.60 bits per heavy atom. The third kappa shape index (κ3) is 4.01. The average Bonchev–Trinajstić information content (AvgIpc) is 3.12. The van der Waals surface area contributed by atoms with Crippen LogP contribution in [0.25, 0.3) is 21.1 Å². The summed E-state index contributed by atoms with van der Waals surface area (Å²) in [6.45, 7) is 6.88. The molecule has 0 unspecified atom stereocenters. The van der Waals surface area contributed by atoms with E-state index in [1.165, 1.54) is 16.9 Å². The predicted octanol–water partition coefficient (Wildman–Crippen LogP) is 4.76. The summed E-state index contributed by atoms with van der Waals surface area (Å²) in [5.41, 5.74) is 15.6. The van der Waals surface area contributed by atoms with Gasteiger partial charge in [-0.25, -0.2) is 4.98 Å². The number of aromatic nitrogens is 1. The molecule has 0 saturated carbocycles. The first-order valence-electron chi connectivity index (χ1n) is 9.96. The fourth-order valence-corrected chi connectivity index (χ4v) is 4.42. The smallest absolute Gasteiger partial charge is 0.261 e. The van der Waals surface area contributed by atoms with Crippen molar-refractivity contribution in [1.29, 1.82) is 0 Å². The van der Waals surface area contributed by atoms with Crippen molar-refractivity contribution in [2.45, 2.75) is 32.2 Å². The van der Waals surface area contributed by atoms with Crippen LogP contribution in [0, 0.1) is 0 Å². The number of nitrogens with zero attached hydrogens (tertiary/aromatic N) is 1. The fourth-order valence-electron chi connectivity index (χ4n) is 3.50. The first-order valence-corrected chi connectivity index (χ1v) is 10.8. The predicted molar refractivity (Wildman–Crippen MR) is 126 cm³/mol. The number of nitrogens with one attached hydrogen (secondary N) is 1. The zero-order chi connectivity index (χ0) is 21.5. The number of carbonyl (C=O) groups is 1. The second-order valence-corrected chi connectivity index (χ2v) is 9.61. The molecule has 30 heavy (non-hydrogen) atoms. The van der Waals surface area contributed by atoms with Crippen molar-refractivity contribution in [2.24, 2.45) is 5.73 Å². The molecule has 2 aromatic carbocycles. The fraction of sp³-hybridized carbons (Fsp3) is 0.250. The summed E-state index contributed by atoms with van der Waals surface area (Å²) in [6, 6.07) is 17.5. The topological polar surface area (TPSA) is 94.0 Å². The summed E-state index contributed by atoms with van der Waals surface area (Å²) in [6.07, 6.45) is 0. The minimum Gasteiger partial charge on any atom is -0.399 e. The molecule has 0 saturated heterocycles. The van der Waals surface area contributed by atoms with Crippen LogP contribution >= 0.6 is 11.3 Å². The number of amides is 1. The first kappa shape index (κ1) is 20.3. The SMILES string of the molecule is CC(C)(C)c1ccc2nc3sc(C(=O)N[C@@H](CN)c4cccc(N)c4)cc3cc2c1. The maximum Gasteiger partial charge on any atom is 0.261 e. The number of thiophene rings is 1. The highest BCUT2D eigenvalue weighted by Crippen LogP contribution is 2.31. The summed E-state index contributed by atoms with van der Waals surface area (Å²) in [7, 11) is 0. The number of fused-ring (bicyclic) bond motifs is 2. The van der Waals surface area contributed by atoms with Gasteiger partial charge < -0.3 is 16.8 Å². The van der Waals surface area contributed by atoms with Crippen molar-refractivity contribution in [3.8, 4) is 0 Å².